The van der Waals surface area contributed by atoms with Gasteiger partial charge >= 0.3 is 12.0 Å². The molecule has 0 bridgehead atoms. The van der Waals surface area contributed by atoms with Crippen LogP contribution < -0.4 is 5.32 Å². The van der Waals surface area contributed by atoms with Crippen LogP contribution >= 0.6 is 11.6 Å². The van der Waals surface area contributed by atoms with Crippen LogP contribution in [0, 0.1) is 0 Å². The van der Waals surface area contributed by atoms with Crippen molar-refractivity contribution in [2.45, 2.75) is 19.0 Å². The summed E-state index contributed by atoms with van der Waals surface area (Å²) in [7, 11) is 1.55. The Balaban J connectivity index is 2.73. The number of carbonyl (C=O) groups is 2. The minimum Gasteiger partial charge on any atom is -0.480 e. The molecule has 0 saturated carbocycles. The maximum Gasteiger partial charge on any atom is 0.328 e. The number of nitrogens with zero attached hydrogens (tertiary/aromatic N) is 1. The van der Waals surface area contributed by atoms with Crippen LogP contribution in [0.2, 0.25) is 5.02 Å². The molecule has 0 radical (unpaired) electrons. The van der Waals surface area contributed by atoms with Crippen molar-refractivity contribution in [3.05, 3.63) is 34.9 Å². The van der Waals surface area contributed by atoms with Crippen molar-refractivity contribution in [3.63, 3.8) is 0 Å². The minimum atomic E-state index is -1.32. The smallest absolute Gasteiger partial charge is 0.328 e. The van der Waals surface area contributed by atoms with E-state index in [1.54, 1.807) is 38.2 Å². The van der Waals surface area contributed by atoms with E-state index in [9.17, 15) is 9.59 Å². The average Bonchev–Trinajstić information content (AvgIpc) is 2.43. The lowest BCUT2D eigenvalue weighted by molar-refractivity contribution is -0.140. The molecule has 3 N–H and O–H groups in total. The van der Waals surface area contributed by atoms with Crippen LogP contribution in [0.3, 0.4) is 0 Å². The zero-order valence-electron chi connectivity index (χ0n) is 11.2. The standard InChI is InChI=1S/C13H17ClN2O4/c1-8(9-3-5-10(14)6-4-9)16(2)13(20)15-11(7-17)12(18)19/h3-6,8,11,17H,7H2,1-2H3,(H,15,20)(H,18,19)/t8?,11-/m0/s1. The van der Waals surface area contributed by atoms with E-state index in [2.05, 4.69) is 5.32 Å². The Labute approximate surface area is 122 Å². The fourth-order valence-corrected chi connectivity index (χ4v) is 1.70. The summed E-state index contributed by atoms with van der Waals surface area (Å²) in [6.45, 7) is 1.14. The van der Waals surface area contributed by atoms with Crippen molar-refractivity contribution in [3.8, 4) is 0 Å². The summed E-state index contributed by atoms with van der Waals surface area (Å²) in [4.78, 5) is 24.0. The SMILES string of the molecule is CC(c1ccc(Cl)cc1)N(C)C(=O)N[C@@H](CO)C(=O)O. The van der Waals surface area contributed by atoms with Crippen LogP contribution in [0.1, 0.15) is 18.5 Å². The number of nitrogens with one attached hydrogen (secondary N) is 1. The molecule has 0 aromatic heterocycles. The Bertz CT molecular complexity index is 478. The van der Waals surface area contributed by atoms with Gasteiger partial charge in [0.15, 0.2) is 6.04 Å². The van der Waals surface area contributed by atoms with Crippen molar-refractivity contribution >= 4 is 23.6 Å². The summed E-state index contributed by atoms with van der Waals surface area (Å²) >= 11 is 5.80. The van der Waals surface area contributed by atoms with E-state index in [-0.39, 0.29) is 6.04 Å². The molecule has 0 fully saturated rings. The van der Waals surface area contributed by atoms with Crippen molar-refractivity contribution in [2.24, 2.45) is 0 Å². The third kappa shape index (κ3) is 4.11. The maximum atomic E-state index is 11.9. The second-order valence-electron chi connectivity index (χ2n) is 4.36. The Morgan fingerprint density at radius 2 is 1.90 bits per heavy atom. The van der Waals surface area contributed by atoms with Gasteiger partial charge in [-0.1, -0.05) is 23.7 Å². The molecule has 0 aliphatic rings. The average molecular weight is 301 g/mol. The van der Waals surface area contributed by atoms with Gasteiger partial charge in [-0.3, -0.25) is 0 Å². The molecular formula is C13H17ClN2O4. The van der Waals surface area contributed by atoms with Crippen LogP contribution in [0.15, 0.2) is 24.3 Å². The molecule has 0 aliphatic heterocycles. The van der Waals surface area contributed by atoms with E-state index in [0.717, 1.165) is 5.56 Å². The van der Waals surface area contributed by atoms with Gasteiger partial charge < -0.3 is 20.4 Å². The highest BCUT2D eigenvalue weighted by Crippen LogP contribution is 2.20. The van der Waals surface area contributed by atoms with Crippen LogP contribution in [-0.4, -0.2) is 46.8 Å². The van der Waals surface area contributed by atoms with Gasteiger partial charge in [-0.15, -0.1) is 0 Å². The molecule has 0 spiro atoms. The molecule has 0 saturated heterocycles. The van der Waals surface area contributed by atoms with Crippen molar-refractivity contribution in [2.75, 3.05) is 13.7 Å². The first-order valence-corrected chi connectivity index (χ1v) is 6.37. The van der Waals surface area contributed by atoms with E-state index in [0.29, 0.717) is 5.02 Å². The summed E-state index contributed by atoms with van der Waals surface area (Å²) < 4.78 is 0. The van der Waals surface area contributed by atoms with E-state index >= 15 is 0 Å². The molecule has 1 aromatic carbocycles. The number of carboxylic acid groups (broad SMARTS) is 1. The molecule has 1 unspecified atom stereocenters. The monoisotopic (exact) mass is 300 g/mol. The van der Waals surface area contributed by atoms with Gasteiger partial charge in [-0.25, -0.2) is 9.59 Å². The van der Waals surface area contributed by atoms with E-state index < -0.39 is 24.6 Å². The molecule has 0 heterocycles. The number of halogens is 1. The number of amides is 2. The Kier molecular flexibility index (Phi) is 5.79. The zero-order chi connectivity index (χ0) is 15.3. The van der Waals surface area contributed by atoms with Gasteiger partial charge in [0.05, 0.1) is 12.6 Å². The van der Waals surface area contributed by atoms with E-state index in [4.69, 9.17) is 21.8 Å². The number of aliphatic hydroxyl groups is 1. The fraction of sp³-hybridized carbons (Fsp3) is 0.385. The number of hydrogen-bond acceptors (Lipinski definition) is 3. The quantitative estimate of drug-likeness (QED) is 0.768. The number of rotatable bonds is 5. The zero-order valence-corrected chi connectivity index (χ0v) is 12.0. The van der Waals surface area contributed by atoms with Gasteiger partial charge in [0, 0.05) is 12.1 Å². The third-order valence-electron chi connectivity index (χ3n) is 3.03. The first-order valence-electron chi connectivity index (χ1n) is 5.99. The van der Waals surface area contributed by atoms with E-state index in [1.165, 1.54) is 4.90 Å². The van der Waals surface area contributed by atoms with Crippen molar-refractivity contribution in [1.29, 1.82) is 0 Å². The molecule has 1 aromatic rings. The highest BCUT2D eigenvalue weighted by molar-refractivity contribution is 6.30. The summed E-state index contributed by atoms with van der Waals surface area (Å²) in [6, 6.07) is 4.85. The predicted molar refractivity (Wildman–Crippen MR) is 74.7 cm³/mol. The summed E-state index contributed by atoms with van der Waals surface area (Å²) in [6.07, 6.45) is 0. The number of aliphatic carboxylic acids is 1. The van der Waals surface area contributed by atoms with Gasteiger partial charge in [0.25, 0.3) is 0 Å². The molecule has 6 nitrogen and oxygen atoms in total. The summed E-state index contributed by atoms with van der Waals surface area (Å²) in [5.41, 5.74) is 0.864. The molecular weight excluding hydrogens is 284 g/mol. The number of carboxylic acids is 1. The Morgan fingerprint density at radius 1 is 1.35 bits per heavy atom. The van der Waals surface area contributed by atoms with Gasteiger partial charge in [-0.2, -0.15) is 0 Å². The first kappa shape index (κ1) is 16.3. The second kappa shape index (κ2) is 7.12. The third-order valence-corrected chi connectivity index (χ3v) is 3.28. The highest BCUT2D eigenvalue weighted by Gasteiger charge is 2.23. The Morgan fingerprint density at radius 3 is 2.35 bits per heavy atom. The predicted octanol–water partition coefficient (Wildman–Crippen LogP) is 1.49. The molecule has 2 atom stereocenters. The number of hydrogen-bond donors (Lipinski definition) is 3. The van der Waals surface area contributed by atoms with Crippen LogP contribution in [0.4, 0.5) is 4.79 Å². The summed E-state index contributed by atoms with van der Waals surface area (Å²) in [5, 5.41) is 20.5. The maximum absolute atomic E-state index is 11.9. The molecule has 0 aliphatic carbocycles. The topological polar surface area (TPSA) is 89.9 Å². The molecule has 2 amide bonds. The number of aliphatic hydroxyl groups excluding tert-OH is 1. The molecule has 20 heavy (non-hydrogen) atoms. The second-order valence-corrected chi connectivity index (χ2v) is 4.80. The lowest BCUT2D eigenvalue weighted by Crippen LogP contribution is -2.48. The van der Waals surface area contributed by atoms with Crippen molar-refractivity contribution in [1.82, 2.24) is 10.2 Å². The Hall–Kier alpha value is -1.79. The number of carbonyl (C=O) groups excluding carboxylic acids is 1. The highest BCUT2D eigenvalue weighted by atomic mass is 35.5. The number of urea groups is 1. The van der Waals surface area contributed by atoms with Gasteiger partial charge in [0.2, 0.25) is 0 Å². The lowest BCUT2D eigenvalue weighted by Gasteiger charge is -2.26. The van der Waals surface area contributed by atoms with Gasteiger partial charge in [0.1, 0.15) is 0 Å². The lowest BCUT2D eigenvalue weighted by atomic mass is 10.1. The largest absolute Gasteiger partial charge is 0.480 e. The van der Waals surface area contributed by atoms with Crippen LogP contribution in [0.5, 0.6) is 0 Å². The summed E-state index contributed by atoms with van der Waals surface area (Å²) in [5.74, 6) is -1.28. The normalized spacial score (nSPS) is 13.4. The van der Waals surface area contributed by atoms with Crippen LogP contribution in [-0.2, 0) is 4.79 Å². The molecule has 7 heteroatoms. The van der Waals surface area contributed by atoms with E-state index in [1.807, 2.05) is 0 Å². The molecule has 1 rings (SSSR count). The fourth-order valence-electron chi connectivity index (χ4n) is 1.58. The number of benzene rings is 1. The van der Waals surface area contributed by atoms with Gasteiger partial charge in [-0.05, 0) is 24.6 Å². The first-order chi connectivity index (χ1) is 9.36. The van der Waals surface area contributed by atoms with Crippen molar-refractivity contribution < 1.29 is 19.8 Å². The minimum absolute atomic E-state index is 0.264. The molecule has 110 valence electrons. The van der Waals surface area contributed by atoms with Crippen LogP contribution in [0.25, 0.3) is 0 Å².